The van der Waals surface area contributed by atoms with Crippen LogP contribution in [0.4, 0.5) is 0 Å². The third-order valence-electron chi connectivity index (χ3n) is 6.28. The molecule has 0 amide bonds. The molecule has 2 atom stereocenters. The standard InChI is InChI=1S/C26H37N5O/c1-4-27-26(28-16-22-12-8-9-13-23(22)18-29(2)3)31-19-24-25(20-31)32-15-14-30(24)17-21-10-6-5-7-11-21/h5-13,24-25H,4,14-20H2,1-3H3,(H,27,28). The highest BCUT2D eigenvalue weighted by atomic mass is 16.5. The molecule has 2 unspecified atom stereocenters. The van der Waals surface area contributed by atoms with Crippen molar-refractivity contribution in [3.8, 4) is 0 Å². The zero-order chi connectivity index (χ0) is 22.3. The fraction of sp³-hybridized carbons (Fsp3) is 0.500. The van der Waals surface area contributed by atoms with Gasteiger partial charge < -0.3 is 19.9 Å². The molecule has 2 saturated heterocycles. The smallest absolute Gasteiger partial charge is 0.194 e. The summed E-state index contributed by atoms with van der Waals surface area (Å²) in [5, 5.41) is 3.52. The highest BCUT2D eigenvalue weighted by Gasteiger charge is 2.41. The van der Waals surface area contributed by atoms with E-state index in [1.807, 2.05) is 0 Å². The van der Waals surface area contributed by atoms with Gasteiger partial charge in [0.15, 0.2) is 5.96 Å². The minimum absolute atomic E-state index is 0.234. The predicted molar refractivity (Wildman–Crippen MR) is 131 cm³/mol. The highest BCUT2D eigenvalue weighted by Crippen LogP contribution is 2.25. The molecule has 2 aliphatic rings. The molecule has 32 heavy (non-hydrogen) atoms. The molecule has 1 N–H and O–H groups in total. The van der Waals surface area contributed by atoms with Crippen LogP contribution in [0.2, 0.25) is 0 Å². The third kappa shape index (κ3) is 5.68. The SMILES string of the molecule is CCNC(=NCc1ccccc1CN(C)C)N1CC2OCCN(Cc3ccccc3)C2C1. The van der Waals surface area contributed by atoms with Crippen molar-refractivity contribution in [3.63, 3.8) is 0 Å². The fourth-order valence-electron chi connectivity index (χ4n) is 4.74. The fourth-order valence-corrected chi connectivity index (χ4v) is 4.74. The van der Waals surface area contributed by atoms with Crippen molar-refractivity contribution in [1.82, 2.24) is 20.0 Å². The van der Waals surface area contributed by atoms with Crippen LogP contribution in [0, 0.1) is 0 Å². The molecule has 0 spiro atoms. The van der Waals surface area contributed by atoms with E-state index in [0.717, 1.165) is 51.8 Å². The zero-order valence-electron chi connectivity index (χ0n) is 19.7. The molecule has 172 valence electrons. The van der Waals surface area contributed by atoms with Crippen molar-refractivity contribution in [3.05, 3.63) is 71.3 Å². The monoisotopic (exact) mass is 435 g/mol. The van der Waals surface area contributed by atoms with Gasteiger partial charge in [-0.05, 0) is 37.7 Å². The van der Waals surface area contributed by atoms with E-state index >= 15 is 0 Å². The summed E-state index contributed by atoms with van der Waals surface area (Å²) in [4.78, 5) is 12.2. The Hall–Kier alpha value is -2.41. The van der Waals surface area contributed by atoms with E-state index in [1.54, 1.807) is 0 Å². The normalized spacial score (nSPS) is 21.8. The molecule has 0 saturated carbocycles. The number of nitrogens with zero attached hydrogens (tertiary/aromatic N) is 4. The van der Waals surface area contributed by atoms with E-state index in [4.69, 9.17) is 9.73 Å². The molecule has 6 heteroatoms. The Labute approximate surface area is 192 Å². The van der Waals surface area contributed by atoms with Crippen LogP contribution in [-0.4, -0.2) is 79.7 Å². The van der Waals surface area contributed by atoms with Crippen molar-refractivity contribution in [2.24, 2.45) is 4.99 Å². The molecule has 0 bridgehead atoms. The first-order chi connectivity index (χ1) is 15.6. The van der Waals surface area contributed by atoms with Crippen LogP contribution in [0.3, 0.4) is 0 Å². The van der Waals surface area contributed by atoms with Crippen LogP contribution in [0.25, 0.3) is 0 Å². The van der Waals surface area contributed by atoms with Gasteiger partial charge in [-0.25, -0.2) is 4.99 Å². The summed E-state index contributed by atoms with van der Waals surface area (Å²) in [6.07, 6.45) is 0.234. The van der Waals surface area contributed by atoms with Crippen molar-refractivity contribution in [2.45, 2.75) is 38.7 Å². The number of rotatable bonds is 7. The molecule has 2 aromatic rings. The van der Waals surface area contributed by atoms with Crippen LogP contribution < -0.4 is 5.32 Å². The Morgan fingerprint density at radius 3 is 2.56 bits per heavy atom. The summed E-state index contributed by atoms with van der Waals surface area (Å²) in [5.74, 6) is 0.991. The van der Waals surface area contributed by atoms with E-state index in [1.165, 1.54) is 16.7 Å². The first kappa shape index (κ1) is 22.8. The lowest BCUT2D eigenvalue weighted by Crippen LogP contribution is -2.50. The summed E-state index contributed by atoms with van der Waals surface area (Å²) < 4.78 is 6.18. The second kappa shape index (κ2) is 10.9. The number of ether oxygens (including phenoxy) is 1. The largest absolute Gasteiger partial charge is 0.373 e. The van der Waals surface area contributed by atoms with E-state index in [9.17, 15) is 0 Å². The van der Waals surface area contributed by atoms with Crippen molar-refractivity contribution in [1.29, 1.82) is 0 Å². The minimum atomic E-state index is 0.234. The molecule has 2 heterocycles. The Bertz CT molecular complexity index is 885. The molecule has 4 rings (SSSR count). The molecule has 0 aromatic heterocycles. The number of benzene rings is 2. The predicted octanol–water partition coefficient (Wildman–Crippen LogP) is 2.80. The van der Waals surface area contributed by atoms with Gasteiger partial charge in [0, 0.05) is 39.3 Å². The number of hydrogen-bond donors (Lipinski definition) is 1. The van der Waals surface area contributed by atoms with Gasteiger partial charge in [-0.3, -0.25) is 4.90 Å². The second-order valence-electron chi connectivity index (χ2n) is 9.01. The van der Waals surface area contributed by atoms with Crippen LogP contribution >= 0.6 is 0 Å². The van der Waals surface area contributed by atoms with Crippen LogP contribution in [0.5, 0.6) is 0 Å². The van der Waals surface area contributed by atoms with E-state index in [0.29, 0.717) is 12.6 Å². The van der Waals surface area contributed by atoms with Gasteiger partial charge in [-0.2, -0.15) is 0 Å². The topological polar surface area (TPSA) is 43.3 Å². The lowest BCUT2D eigenvalue weighted by molar-refractivity contribution is -0.0502. The van der Waals surface area contributed by atoms with Gasteiger partial charge in [0.05, 0.1) is 25.3 Å². The molecule has 2 aliphatic heterocycles. The maximum Gasteiger partial charge on any atom is 0.194 e. The van der Waals surface area contributed by atoms with Crippen molar-refractivity contribution in [2.75, 3.05) is 46.9 Å². The number of hydrogen-bond acceptors (Lipinski definition) is 4. The number of fused-ring (bicyclic) bond motifs is 1. The molecular weight excluding hydrogens is 398 g/mol. The summed E-state index contributed by atoms with van der Waals surface area (Å²) >= 11 is 0. The van der Waals surface area contributed by atoms with E-state index in [2.05, 4.69) is 95.6 Å². The maximum absolute atomic E-state index is 6.18. The lowest BCUT2D eigenvalue weighted by Gasteiger charge is -2.36. The summed E-state index contributed by atoms with van der Waals surface area (Å²) in [6, 6.07) is 19.8. The molecular formula is C26H37N5O. The van der Waals surface area contributed by atoms with Crippen LogP contribution in [0.1, 0.15) is 23.6 Å². The maximum atomic E-state index is 6.18. The summed E-state index contributed by atoms with van der Waals surface area (Å²) in [6.45, 7) is 9.21. The Morgan fingerprint density at radius 2 is 1.81 bits per heavy atom. The average Bonchev–Trinajstić information content (AvgIpc) is 3.23. The van der Waals surface area contributed by atoms with E-state index in [-0.39, 0.29) is 6.10 Å². The molecule has 2 aromatic carbocycles. The Kier molecular flexibility index (Phi) is 7.79. The van der Waals surface area contributed by atoms with Crippen molar-refractivity contribution >= 4 is 5.96 Å². The summed E-state index contributed by atoms with van der Waals surface area (Å²) in [5.41, 5.74) is 3.99. The number of nitrogens with one attached hydrogen (secondary N) is 1. The number of aliphatic imine (C=N–C) groups is 1. The van der Waals surface area contributed by atoms with Gasteiger partial charge in [0.25, 0.3) is 0 Å². The number of likely N-dealkylation sites (tertiary alicyclic amines) is 1. The molecule has 6 nitrogen and oxygen atoms in total. The molecule has 0 aliphatic carbocycles. The number of morpholine rings is 1. The van der Waals surface area contributed by atoms with Gasteiger partial charge >= 0.3 is 0 Å². The van der Waals surface area contributed by atoms with Gasteiger partial charge in [0.1, 0.15) is 0 Å². The first-order valence-corrected chi connectivity index (χ1v) is 11.8. The summed E-state index contributed by atoms with van der Waals surface area (Å²) in [7, 11) is 4.22. The molecule has 2 fully saturated rings. The third-order valence-corrected chi connectivity index (χ3v) is 6.28. The first-order valence-electron chi connectivity index (χ1n) is 11.8. The Morgan fingerprint density at radius 1 is 1.06 bits per heavy atom. The molecule has 0 radical (unpaired) electrons. The Balaban J connectivity index is 1.46. The van der Waals surface area contributed by atoms with Gasteiger partial charge in [-0.15, -0.1) is 0 Å². The van der Waals surface area contributed by atoms with Gasteiger partial charge in [0.2, 0.25) is 0 Å². The zero-order valence-corrected chi connectivity index (χ0v) is 19.7. The second-order valence-corrected chi connectivity index (χ2v) is 9.01. The number of guanidine groups is 1. The van der Waals surface area contributed by atoms with Crippen LogP contribution in [-0.2, 0) is 24.4 Å². The minimum Gasteiger partial charge on any atom is -0.373 e. The van der Waals surface area contributed by atoms with Crippen LogP contribution in [0.15, 0.2) is 59.6 Å². The lowest BCUT2D eigenvalue weighted by atomic mass is 10.1. The highest BCUT2D eigenvalue weighted by molar-refractivity contribution is 5.80. The van der Waals surface area contributed by atoms with E-state index < -0.39 is 0 Å². The average molecular weight is 436 g/mol. The van der Waals surface area contributed by atoms with Gasteiger partial charge in [-0.1, -0.05) is 54.6 Å². The quantitative estimate of drug-likeness (QED) is 0.535. The van der Waals surface area contributed by atoms with Crippen molar-refractivity contribution < 1.29 is 4.74 Å².